The Morgan fingerprint density at radius 3 is 2.80 bits per heavy atom. The lowest BCUT2D eigenvalue weighted by atomic mass is 9.78. The molecule has 4 N–H and O–H groups in total. The van der Waals surface area contributed by atoms with Gasteiger partial charge in [-0.3, -0.25) is 5.84 Å². The minimum atomic E-state index is -3.66. The summed E-state index contributed by atoms with van der Waals surface area (Å²) in [5.74, 6) is 6.18. The van der Waals surface area contributed by atoms with Crippen molar-refractivity contribution in [1.29, 1.82) is 0 Å². The summed E-state index contributed by atoms with van der Waals surface area (Å²) in [7, 11) is -3.66. The van der Waals surface area contributed by atoms with Crippen molar-refractivity contribution in [2.45, 2.75) is 44.2 Å². The number of nitrogens with one attached hydrogen (secondary N) is 2. The number of aromatic nitrogens is 1. The van der Waals surface area contributed by atoms with Crippen molar-refractivity contribution in [2.75, 3.05) is 5.43 Å². The van der Waals surface area contributed by atoms with E-state index in [0.717, 1.165) is 19.3 Å². The van der Waals surface area contributed by atoms with Gasteiger partial charge in [-0.2, -0.15) is 0 Å². The molecule has 1 aliphatic carbocycles. The van der Waals surface area contributed by atoms with Gasteiger partial charge in [-0.15, -0.1) is 0 Å². The molecule has 6 nitrogen and oxygen atoms in total. The number of hydrogen-bond acceptors (Lipinski definition) is 5. The molecule has 3 atom stereocenters. The number of nitrogens with two attached hydrogens (primary N) is 1. The first-order valence-corrected chi connectivity index (χ1v) is 8.38. The van der Waals surface area contributed by atoms with Gasteiger partial charge in [0.25, 0.3) is 10.0 Å². The molecule has 0 bridgehead atoms. The van der Waals surface area contributed by atoms with Crippen LogP contribution in [-0.4, -0.2) is 19.4 Å². The van der Waals surface area contributed by atoms with Crippen molar-refractivity contribution >= 4 is 15.7 Å². The van der Waals surface area contributed by atoms with Crippen LogP contribution in [0.1, 0.15) is 33.1 Å². The summed E-state index contributed by atoms with van der Waals surface area (Å²) < 4.78 is 27.7. The van der Waals surface area contributed by atoms with Crippen LogP contribution in [0.15, 0.2) is 23.4 Å². The third-order valence-electron chi connectivity index (χ3n) is 4.19. The SMILES string of the molecule is CC1CCCC(NS(=O)(=O)c2ncccc2NN)C1C. The Morgan fingerprint density at radius 2 is 2.10 bits per heavy atom. The quantitative estimate of drug-likeness (QED) is 0.578. The molecule has 7 heteroatoms. The second-order valence-corrected chi connectivity index (χ2v) is 7.12. The van der Waals surface area contributed by atoms with Gasteiger partial charge < -0.3 is 5.43 Å². The van der Waals surface area contributed by atoms with Gasteiger partial charge in [0, 0.05) is 12.2 Å². The first-order chi connectivity index (χ1) is 9.45. The molecule has 0 aliphatic heterocycles. The largest absolute Gasteiger partial charge is 0.321 e. The molecule has 0 amide bonds. The number of anilines is 1. The smallest absolute Gasteiger partial charge is 0.260 e. The van der Waals surface area contributed by atoms with E-state index < -0.39 is 10.0 Å². The third kappa shape index (κ3) is 3.11. The molecule has 0 spiro atoms. The molecule has 3 unspecified atom stereocenters. The third-order valence-corrected chi connectivity index (χ3v) is 5.64. The molecule has 1 heterocycles. The number of pyridine rings is 1. The van der Waals surface area contributed by atoms with Crippen molar-refractivity contribution in [3.63, 3.8) is 0 Å². The van der Waals surface area contributed by atoms with Crippen LogP contribution in [0.4, 0.5) is 5.69 Å². The van der Waals surface area contributed by atoms with Crippen molar-refractivity contribution in [2.24, 2.45) is 17.7 Å². The van der Waals surface area contributed by atoms with E-state index in [9.17, 15) is 8.42 Å². The monoisotopic (exact) mass is 298 g/mol. The van der Waals surface area contributed by atoms with Crippen LogP contribution in [0.3, 0.4) is 0 Å². The predicted octanol–water partition coefficient (Wildman–Crippen LogP) is 1.47. The van der Waals surface area contributed by atoms with Gasteiger partial charge in [-0.25, -0.2) is 18.1 Å². The van der Waals surface area contributed by atoms with Crippen LogP contribution in [0.25, 0.3) is 0 Å². The van der Waals surface area contributed by atoms with Crippen molar-refractivity contribution in [1.82, 2.24) is 9.71 Å². The molecule has 112 valence electrons. The molecule has 1 saturated carbocycles. The fourth-order valence-electron chi connectivity index (χ4n) is 2.72. The fraction of sp³-hybridized carbons (Fsp3) is 0.615. The van der Waals surface area contributed by atoms with E-state index >= 15 is 0 Å². The topological polar surface area (TPSA) is 97.1 Å². The Kier molecular flexibility index (Phi) is 4.62. The number of hydrogen-bond donors (Lipinski definition) is 3. The van der Waals surface area contributed by atoms with Crippen LogP contribution in [0, 0.1) is 11.8 Å². The van der Waals surface area contributed by atoms with Crippen LogP contribution in [-0.2, 0) is 10.0 Å². The van der Waals surface area contributed by atoms with E-state index in [1.54, 1.807) is 12.1 Å². The molecule has 2 rings (SSSR count). The van der Waals surface area contributed by atoms with Crippen LogP contribution < -0.4 is 16.0 Å². The summed E-state index contributed by atoms with van der Waals surface area (Å²) in [5, 5.41) is -0.0482. The number of hydrazine groups is 1. The van der Waals surface area contributed by atoms with E-state index in [-0.39, 0.29) is 11.1 Å². The Bertz CT molecular complexity index is 561. The lowest BCUT2D eigenvalue weighted by Gasteiger charge is -2.34. The summed E-state index contributed by atoms with van der Waals surface area (Å²) in [5.41, 5.74) is 2.68. The lowest BCUT2D eigenvalue weighted by Crippen LogP contribution is -2.44. The summed E-state index contributed by atoms with van der Waals surface area (Å²) >= 11 is 0. The number of nitrogens with zero attached hydrogens (tertiary/aromatic N) is 1. The highest BCUT2D eigenvalue weighted by Crippen LogP contribution is 2.30. The van der Waals surface area contributed by atoms with Gasteiger partial charge in [0.2, 0.25) is 0 Å². The van der Waals surface area contributed by atoms with Gasteiger partial charge in [0.05, 0.1) is 5.69 Å². The van der Waals surface area contributed by atoms with Crippen LogP contribution in [0.2, 0.25) is 0 Å². The predicted molar refractivity (Wildman–Crippen MR) is 78.3 cm³/mol. The molecule has 1 aromatic heterocycles. The maximum Gasteiger partial charge on any atom is 0.260 e. The molecule has 1 aromatic rings. The average molecular weight is 298 g/mol. The Balaban J connectivity index is 2.23. The zero-order valence-electron chi connectivity index (χ0n) is 11.8. The van der Waals surface area contributed by atoms with Crippen LogP contribution in [0.5, 0.6) is 0 Å². The van der Waals surface area contributed by atoms with Crippen molar-refractivity contribution in [3.8, 4) is 0 Å². The first-order valence-electron chi connectivity index (χ1n) is 6.89. The first kappa shape index (κ1) is 15.2. The van der Waals surface area contributed by atoms with Gasteiger partial charge >= 0.3 is 0 Å². The summed E-state index contributed by atoms with van der Waals surface area (Å²) in [6.07, 6.45) is 4.51. The van der Waals surface area contributed by atoms with Gasteiger partial charge in [-0.1, -0.05) is 26.7 Å². The minimum absolute atomic E-state index is 0.0450. The van der Waals surface area contributed by atoms with E-state index in [1.807, 2.05) is 0 Å². The van der Waals surface area contributed by atoms with Gasteiger partial charge in [0.1, 0.15) is 0 Å². The summed E-state index contributed by atoms with van der Waals surface area (Å²) in [6, 6.07) is 3.19. The lowest BCUT2D eigenvalue weighted by molar-refractivity contribution is 0.227. The Hall–Kier alpha value is -1.18. The molecule has 0 radical (unpaired) electrons. The molecular weight excluding hydrogens is 276 g/mol. The molecular formula is C13H22N4O2S. The zero-order valence-corrected chi connectivity index (χ0v) is 12.7. The minimum Gasteiger partial charge on any atom is -0.321 e. The Labute approximate surface area is 120 Å². The van der Waals surface area contributed by atoms with Crippen LogP contribution >= 0.6 is 0 Å². The molecule has 0 aromatic carbocycles. The standard InChI is InChI=1S/C13H22N4O2S/c1-9-5-3-6-11(10(9)2)17-20(18,19)13-12(16-14)7-4-8-15-13/h4,7-11,16-17H,3,5-6,14H2,1-2H3. The normalized spacial score (nSPS) is 27.2. The highest BCUT2D eigenvalue weighted by molar-refractivity contribution is 7.89. The average Bonchev–Trinajstić information content (AvgIpc) is 2.43. The number of nitrogen functional groups attached to an aromatic ring is 1. The van der Waals surface area contributed by atoms with Gasteiger partial charge in [-0.05, 0) is 30.4 Å². The van der Waals surface area contributed by atoms with E-state index in [1.165, 1.54) is 6.20 Å². The molecule has 0 saturated heterocycles. The maximum atomic E-state index is 12.5. The molecule has 20 heavy (non-hydrogen) atoms. The Morgan fingerprint density at radius 1 is 1.35 bits per heavy atom. The van der Waals surface area contributed by atoms with E-state index in [4.69, 9.17) is 5.84 Å². The van der Waals surface area contributed by atoms with Crippen molar-refractivity contribution < 1.29 is 8.42 Å². The zero-order chi connectivity index (χ0) is 14.8. The van der Waals surface area contributed by atoms with E-state index in [0.29, 0.717) is 17.5 Å². The number of rotatable bonds is 4. The second-order valence-electron chi connectivity index (χ2n) is 5.50. The fourth-order valence-corrected chi connectivity index (χ4v) is 4.18. The van der Waals surface area contributed by atoms with Crippen molar-refractivity contribution in [3.05, 3.63) is 18.3 Å². The maximum absolute atomic E-state index is 12.5. The molecule has 1 aliphatic rings. The van der Waals surface area contributed by atoms with E-state index in [2.05, 4.69) is 29.0 Å². The van der Waals surface area contributed by atoms with Gasteiger partial charge in [0.15, 0.2) is 5.03 Å². The second kappa shape index (κ2) is 6.07. The highest BCUT2D eigenvalue weighted by atomic mass is 32.2. The number of sulfonamides is 1. The summed E-state index contributed by atoms with van der Waals surface area (Å²) in [6.45, 7) is 4.26. The summed E-state index contributed by atoms with van der Waals surface area (Å²) in [4.78, 5) is 3.94. The molecule has 1 fully saturated rings. The highest BCUT2D eigenvalue weighted by Gasteiger charge is 2.32.